The van der Waals surface area contributed by atoms with Gasteiger partial charge in [-0.15, -0.1) is 0 Å². The van der Waals surface area contributed by atoms with Crippen molar-refractivity contribution in [2.75, 3.05) is 37.5 Å². The van der Waals surface area contributed by atoms with E-state index in [0.29, 0.717) is 36.1 Å². The lowest BCUT2D eigenvalue weighted by Crippen LogP contribution is -2.38. The first-order chi connectivity index (χ1) is 15.6. The van der Waals surface area contributed by atoms with Crippen LogP contribution in [0.2, 0.25) is 0 Å². The van der Waals surface area contributed by atoms with E-state index in [1.165, 1.54) is 16.5 Å². The first-order valence-electron chi connectivity index (χ1n) is 11.0. The Morgan fingerprint density at radius 1 is 1.16 bits per heavy atom. The first kappa shape index (κ1) is 20.7. The first-order valence-corrected chi connectivity index (χ1v) is 11.0. The van der Waals surface area contributed by atoms with E-state index in [2.05, 4.69) is 39.1 Å². The van der Waals surface area contributed by atoms with Crippen molar-refractivity contribution in [3.8, 4) is 0 Å². The number of carbonyl (C=O) groups excluding carboxylic acids is 1. The SMILES string of the molecule is CNc1cc2nc3c1ncn3C(=O)N[C@H](C)COCc1cc(cc(C3CCOCC3)c1)N2. The minimum atomic E-state index is -0.285. The second-order valence-corrected chi connectivity index (χ2v) is 8.43. The minimum absolute atomic E-state index is 0.161. The van der Waals surface area contributed by atoms with Crippen molar-refractivity contribution < 1.29 is 14.3 Å². The standard InChI is InChI=1S/C23H28N6O3/c1-14-11-32-12-15-7-17(16-3-5-31-6-4-16)9-18(8-15)27-20-10-19(24-2)21-22(28-20)29(13-25-21)23(30)26-14/h7-10,13-14,16H,3-6,11-12H2,1-2H3,(H,26,30)(H2,24,27,28)/t14-/m1/s1. The van der Waals surface area contributed by atoms with E-state index in [-0.39, 0.29) is 12.1 Å². The lowest BCUT2D eigenvalue weighted by atomic mass is 9.90. The lowest BCUT2D eigenvalue weighted by molar-refractivity contribution is 0.0851. The molecule has 0 unspecified atom stereocenters. The Balaban J connectivity index is 1.60. The van der Waals surface area contributed by atoms with Crippen molar-refractivity contribution >= 4 is 34.4 Å². The fraction of sp³-hybridized carbons (Fsp3) is 0.435. The van der Waals surface area contributed by atoms with Gasteiger partial charge < -0.3 is 25.4 Å². The van der Waals surface area contributed by atoms with E-state index >= 15 is 0 Å². The average molecular weight is 437 g/mol. The summed E-state index contributed by atoms with van der Waals surface area (Å²) in [6.45, 7) is 4.38. The molecular formula is C23H28N6O3. The molecule has 1 saturated heterocycles. The Morgan fingerprint density at radius 3 is 2.81 bits per heavy atom. The topological polar surface area (TPSA) is 102 Å². The van der Waals surface area contributed by atoms with E-state index in [4.69, 9.17) is 14.5 Å². The monoisotopic (exact) mass is 436 g/mol. The maximum atomic E-state index is 12.8. The van der Waals surface area contributed by atoms with Crippen LogP contribution < -0.4 is 16.0 Å². The van der Waals surface area contributed by atoms with E-state index in [0.717, 1.165) is 43.0 Å². The van der Waals surface area contributed by atoms with Crippen LogP contribution in [0, 0.1) is 0 Å². The van der Waals surface area contributed by atoms with E-state index in [1.807, 2.05) is 20.0 Å². The number of carbonyl (C=O) groups is 1. The van der Waals surface area contributed by atoms with Crippen molar-refractivity contribution in [1.82, 2.24) is 19.9 Å². The molecule has 2 aliphatic heterocycles. The van der Waals surface area contributed by atoms with Gasteiger partial charge in [0.15, 0.2) is 5.65 Å². The highest BCUT2D eigenvalue weighted by atomic mass is 16.5. The molecule has 1 fully saturated rings. The van der Waals surface area contributed by atoms with Crippen LogP contribution in [0.4, 0.5) is 22.0 Å². The largest absolute Gasteiger partial charge is 0.386 e. The minimum Gasteiger partial charge on any atom is -0.386 e. The highest BCUT2D eigenvalue weighted by molar-refractivity contribution is 5.94. The average Bonchev–Trinajstić information content (AvgIpc) is 3.22. The van der Waals surface area contributed by atoms with Crippen LogP contribution in [-0.4, -0.2) is 53.5 Å². The number of benzene rings is 1. The zero-order valence-corrected chi connectivity index (χ0v) is 18.4. The molecule has 1 amide bonds. The summed E-state index contributed by atoms with van der Waals surface area (Å²) in [5.74, 6) is 1.10. The molecule has 4 heterocycles. The summed E-state index contributed by atoms with van der Waals surface area (Å²) in [7, 11) is 1.83. The number of fused-ring (bicyclic) bond motifs is 3. The summed E-state index contributed by atoms with van der Waals surface area (Å²) in [6.07, 6.45) is 3.53. The second kappa shape index (κ2) is 8.76. The Labute approximate surface area is 186 Å². The molecule has 0 radical (unpaired) electrons. The molecule has 2 aromatic heterocycles. The molecule has 4 bridgehead atoms. The van der Waals surface area contributed by atoms with Gasteiger partial charge in [-0.05, 0) is 48.9 Å². The summed E-state index contributed by atoms with van der Waals surface area (Å²) < 4.78 is 12.9. The van der Waals surface area contributed by atoms with Crippen LogP contribution in [0.1, 0.15) is 36.8 Å². The number of nitrogens with one attached hydrogen (secondary N) is 3. The predicted molar refractivity (Wildman–Crippen MR) is 123 cm³/mol. The van der Waals surface area contributed by atoms with Crippen molar-refractivity contribution in [1.29, 1.82) is 0 Å². The summed E-state index contributed by atoms with van der Waals surface area (Å²) in [4.78, 5) is 21.9. The van der Waals surface area contributed by atoms with E-state index < -0.39 is 0 Å². The molecule has 1 aromatic carbocycles. The number of hydrogen-bond acceptors (Lipinski definition) is 7. The molecule has 9 nitrogen and oxygen atoms in total. The quantitative estimate of drug-likeness (QED) is 0.564. The number of pyridine rings is 1. The Hall–Kier alpha value is -3.17. The van der Waals surface area contributed by atoms with Gasteiger partial charge in [0, 0.05) is 32.0 Å². The molecule has 0 aliphatic carbocycles. The zero-order valence-electron chi connectivity index (χ0n) is 18.4. The summed E-state index contributed by atoms with van der Waals surface area (Å²) in [5, 5.41) is 9.56. The maximum Gasteiger partial charge on any atom is 0.328 e. The third-order valence-electron chi connectivity index (χ3n) is 5.98. The lowest BCUT2D eigenvalue weighted by Gasteiger charge is -2.24. The number of nitrogens with zero attached hydrogens (tertiary/aromatic N) is 3. The third kappa shape index (κ3) is 4.13. The van der Waals surface area contributed by atoms with Gasteiger partial charge in [-0.1, -0.05) is 6.07 Å². The number of aromatic nitrogens is 3. The van der Waals surface area contributed by atoms with Gasteiger partial charge in [0.05, 0.1) is 24.9 Å². The fourth-order valence-corrected chi connectivity index (χ4v) is 4.36. The molecule has 168 valence electrons. The smallest absolute Gasteiger partial charge is 0.328 e. The molecule has 0 spiro atoms. The number of anilines is 3. The van der Waals surface area contributed by atoms with Crippen molar-refractivity contribution in [2.45, 2.75) is 38.3 Å². The van der Waals surface area contributed by atoms with Gasteiger partial charge in [0.1, 0.15) is 17.7 Å². The number of imidazole rings is 1. The number of ether oxygens (including phenoxy) is 2. The molecule has 3 aromatic rings. The molecule has 1 atom stereocenters. The summed E-state index contributed by atoms with van der Waals surface area (Å²) in [5.41, 5.74) is 5.25. The number of amides is 1. The molecular weight excluding hydrogens is 408 g/mol. The highest BCUT2D eigenvalue weighted by Crippen LogP contribution is 2.32. The fourth-order valence-electron chi connectivity index (χ4n) is 4.36. The Morgan fingerprint density at radius 2 is 2.00 bits per heavy atom. The molecule has 3 N–H and O–H groups in total. The van der Waals surface area contributed by atoms with Crippen LogP contribution in [0.5, 0.6) is 0 Å². The number of rotatable bonds is 2. The van der Waals surface area contributed by atoms with Gasteiger partial charge in [-0.2, -0.15) is 0 Å². The van der Waals surface area contributed by atoms with Gasteiger partial charge in [0.2, 0.25) is 0 Å². The molecule has 32 heavy (non-hydrogen) atoms. The van der Waals surface area contributed by atoms with Crippen LogP contribution in [0.25, 0.3) is 11.2 Å². The van der Waals surface area contributed by atoms with Crippen LogP contribution in [-0.2, 0) is 16.1 Å². The predicted octanol–water partition coefficient (Wildman–Crippen LogP) is 3.59. The van der Waals surface area contributed by atoms with Crippen LogP contribution >= 0.6 is 0 Å². The van der Waals surface area contributed by atoms with Crippen molar-refractivity contribution in [3.05, 3.63) is 41.7 Å². The van der Waals surface area contributed by atoms with Crippen LogP contribution in [0.15, 0.2) is 30.6 Å². The Bertz CT molecular complexity index is 1140. The van der Waals surface area contributed by atoms with Crippen molar-refractivity contribution in [2.24, 2.45) is 0 Å². The highest BCUT2D eigenvalue weighted by Gasteiger charge is 2.20. The number of hydrogen-bond donors (Lipinski definition) is 3. The van der Waals surface area contributed by atoms with E-state index in [1.54, 1.807) is 0 Å². The van der Waals surface area contributed by atoms with Gasteiger partial charge in [-0.25, -0.2) is 19.3 Å². The zero-order chi connectivity index (χ0) is 22.1. The molecule has 9 heteroatoms. The summed E-state index contributed by atoms with van der Waals surface area (Å²) >= 11 is 0. The normalized spacial score (nSPS) is 19.9. The Kier molecular flexibility index (Phi) is 5.67. The molecule has 2 aliphatic rings. The van der Waals surface area contributed by atoms with E-state index in [9.17, 15) is 4.79 Å². The summed E-state index contributed by atoms with van der Waals surface area (Å²) in [6, 6.07) is 7.96. The van der Waals surface area contributed by atoms with Gasteiger partial charge in [0.25, 0.3) is 0 Å². The van der Waals surface area contributed by atoms with Crippen LogP contribution in [0.3, 0.4) is 0 Å². The van der Waals surface area contributed by atoms with Gasteiger partial charge in [-0.3, -0.25) is 0 Å². The molecule has 5 rings (SSSR count). The molecule has 0 saturated carbocycles. The van der Waals surface area contributed by atoms with Crippen molar-refractivity contribution in [3.63, 3.8) is 0 Å². The third-order valence-corrected chi connectivity index (χ3v) is 5.98. The second-order valence-electron chi connectivity index (χ2n) is 8.43. The maximum absolute atomic E-state index is 12.8. The van der Waals surface area contributed by atoms with Gasteiger partial charge >= 0.3 is 6.03 Å².